The largest absolute Gasteiger partial charge is 0.321 e. The van der Waals surface area contributed by atoms with Crippen molar-refractivity contribution in [3.05, 3.63) is 94.3 Å². The molecule has 1 aliphatic carbocycles. The number of hydrogen-bond acceptors (Lipinski definition) is 2. The monoisotopic (exact) mass is 479 g/mol. The second kappa shape index (κ2) is 9.21. The van der Waals surface area contributed by atoms with Gasteiger partial charge in [0.15, 0.2) is 5.88 Å². The number of benzene rings is 3. The number of nitrogens with zero attached hydrogens (tertiary/aromatic N) is 1. The standard InChI is InChI=1S/C33H37NS/c1-32(2,3)25-14-9-12-23(20-25)27-16-11-17-28(24-13-10-15-26(21-24)33(4,5)6)31(27)34-22-35-30-19-8-7-18-29(30)34/h9-17,20-21H,7-8,18-19H2,1-6H3. The Morgan fingerprint density at radius 2 is 1.20 bits per heavy atom. The Morgan fingerprint density at radius 1 is 0.686 bits per heavy atom. The number of allylic oxidation sites excluding steroid dienone is 2. The van der Waals surface area contributed by atoms with Crippen molar-refractivity contribution in [2.45, 2.75) is 78.1 Å². The molecule has 0 fully saturated rings. The van der Waals surface area contributed by atoms with Crippen LogP contribution in [0.15, 0.2) is 77.3 Å². The van der Waals surface area contributed by atoms with Crippen LogP contribution in [0.1, 0.15) is 78.4 Å². The van der Waals surface area contributed by atoms with Crippen molar-refractivity contribution in [2.75, 3.05) is 4.90 Å². The summed E-state index contributed by atoms with van der Waals surface area (Å²) in [7, 11) is 0. The molecule has 2 heteroatoms. The molecule has 3 aromatic rings. The lowest BCUT2D eigenvalue weighted by atomic mass is 9.83. The Morgan fingerprint density at radius 3 is 1.74 bits per heavy atom. The Kier molecular flexibility index (Phi) is 6.38. The van der Waals surface area contributed by atoms with E-state index in [4.69, 9.17) is 0 Å². The van der Waals surface area contributed by atoms with Crippen LogP contribution >= 0.6 is 11.8 Å². The molecular formula is C33H37NS. The number of hydrogen-bond donors (Lipinski definition) is 0. The topological polar surface area (TPSA) is 3.24 Å². The van der Waals surface area contributed by atoms with E-state index < -0.39 is 0 Å². The molecule has 1 aliphatic heterocycles. The third kappa shape index (κ3) is 4.83. The van der Waals surface area contributed by atoms with Crippen LogP contribution in [-0.4, -0.2) is 0 Å². The Labute approximate surface area is 216 Å². The van der Waals surface area contributed by atoms with E-state index in [2.05, 4.69) is 119 Å². The molecule has 0 N–H and O–H groups in total. The second-order valence-corrected chi connectivity index (χ2v) is 12.8. The van der Waals surface area contributed by atoms with E-state index >= 15 is 0 Å². The molecule has 3 aromatic carbocycles. The van der Waals surface area contributed by atoms with Gasteiger partial charge in [-0.3, -0.25) is 0 Å². The number of anilines is 1. The number of para-hydroxylation sites is 1. The summed E-state index contributed by atoms with van der Waals surface area (Å²) >= 11 is 1.81. The summed E-state index contributed by atoms with van der Waals surface area (Å²) in [6.45, 7) is 13.7. The van der Waals surface area contributed by atoms with Gasteiger partial charge >= 0.3 is 0 Å². The molecule has 2 aliphatic rings. The third-order valence-electron chi connectivity index (χ3n) is 7.26. The lowest BCUT2D eigenvalue weighted by molar-refractivity contribution is 0.590. The molecule has 5 rings (SSSR count). The highest BCUT2D eigenvalue weighted by Gasteiger charge is 2.31. The minimum Gasteiger partial charge on any atom is -0.321 e. The van der Waals surface area contributed by atoms with E-state index in [0.29, 0.717) is 0 Å². The maximum absolute atomic E-state index is 3.70. The molecule has 0 saturated heterocycles. The molecule has 0 bridgehead atoms. The predicted octanol–water partition coefficient (Wildman–Crippen LogP) is 9.95. The first-order valence-corrected chi connectivity index (χ1v) is 13.7. The van der Waals surface area contributed by atoms with Crippen molar-refractivity contribution in [1.82, 2.24) is 0 Å². The first-order chi connectivity index (χ1) is 16.6. The minimum absolute atomic E-state index is 0.107. The van der Waals surface area contributed by atoms with Crippen LogP contribution in [0.5, 0.6) is 0 Å². The van der Waals surface area contributed by atoms with Gasteiger partial charge in [-0.05, 0) is 58.8 Å². The van der Waals surface area contributed by atoms with Gasteiger partial charge in [-0.15, -0.1) is 0 Å². The van der Waals surface area contributed by atoms with Gasteiger partial charge in [-0.25, -0.2) is 0 Å². The molecule has 1 heterocycles. The molecule has 0 saturated carbocycles. The zero-order valence-corrected chi connectivity index (χ0v) is 22.9. The summed E-state index contributed by atoms with van der Waals surface area (Å²) in [4.78, 5) is 3.90. The van der Waals surface area contributed by atoms with Gasteiger partial charge in [-0.1, -0.05) is 120 Å². The maximum atomic E-state index is 3.70. The van der Waals surface area contributed by atoms with Crippen LogP contribution in [0.2, 0.25) is 0 Å². The molecule has 0 amide bonds. The fraction of sp³-hybridized carbons (Fsp3) is 0.364. The lowest BCUT2D eigenvalue weighted by Crippen LogP contribution is -2.18. The molecule has 180 valence electrons. The fourth-order valence-electron chi connectivity index (χ4n) is 5.10. The van der Waals surface area contributed by atoms with Gasteiger partial charge in [0.25, 0.3) is 0 Å². The van der Waals surface area contributed by atoms with E-state index in [1.54, 1.807) is 0 Å². The zero-order chi connectivity index (χ0) is 24.8. The van der Waals surface area contributed by atoms with Gasteiger partial charge in [0.1, 0.15) is 0 Å². The van der Waals surface area contributed by atoms with E-state index in [-0.39, 0.29) is 10.8 Å². The van der Waals surface area contributed by atoms with Crippen LogP contribution in [-0.2, 0) is 10.8 Å². The van der Waals surface area contributed by atoms with Crippen molar-refractivity contribution in [3.8, 4) is 22.3 Å². The van der Waals surface area contributed by atoms with E-state index in [1.807, 2.05) is 11.8 Å². The summed E-state index contributed by atoms with van der Waals surface area (Å²) in [5, 5.41) is 0. The SMILES string of the molecule is CC(C)(C)c1cccc(-c2cccc(-c3cccc(C(C)(C)C)c3)c2N2[C]SC3=C2CCCC3)c1. The van der Waals surface area contributed by atoms with E-state index in [9.17, 15) is 0 Å². The zero-order valence-electron chi connectivity index (χ0n) is 22.0. The van der Waals surface area contributed by atoms with Gasteiger partial charge in [0.05, 0.1) is 5.69 Å². The lowest BCUT2D eigenvalue weighted by Gasteiger charge is -2.29. The van der Waals surface area contributed by atoms with Gasteiger partial charge in [0.2, 0.25) is 0 Å². The molecule has 1 nitrogen and oxygen atoms in total. The van der Waals surface area contributed by atoms with Gasteiger partial charge in [0, 0.05) is 21.7 Å². The molecule has 0 unspecified atom stereocenters. The summed E-state index contributed by atoms with van der Waals surface area (Å²) in [6, 6.07) is 25.0. The first-order valence-electron chi connectivity index (χ1n) is 12.9. The summed E-state index contributed by atoms with van der Waals surface area (Å²) < 4.78 is 0. The average Bonchev–Trinajstić information content (AvgIpc) is 3.26. The molecule has 0 aromatic heterocycles. The molecule has 0 spiro atoms. The Balaban J connectivity index is 1.73. The number of thioether (sulfide) groups is 1. The predicted molar refractivity (Wildman–Crippen MR) is 154 cm³/mol. The minimum atomic E-state index is 0.107. The molecular weight excluding hydrogens is 442 g/mol. The summed E-state index contributed by atoms with van der Waals surface area (Å²) in [6.07, 6.45) is 4.86. The normalized spacial score (nSPS) is 16.6. The third-order valence-corrected chi connectivity index (χ3v) is 8.22. The van der Waals surface area contributed by atoms with Crippen molar-refractivity contribution in [2.24, 2.45) is 0 Å². The van der Waals surface area contributed by atoms with Crippen LogP contribution in [0.4, 0.5) is 5.69 Å². The Hall–Kier alpha value is -2.45. The average molecular weight is 480 g/mol. The highest BCUT2D eigenvalue weighted by atomic mass is 32.2. The van der Waals surface area contributed by atoms with E-state index in [1.165, 1.54) is 68.9 Å². The van der Waals surface area contributed by atoms with Crippen molar-refractivity contribution >= 4 is 17.4 Å². The molecule has 35 heavy (non-hydrogen) atoms. The van der Waals surface area contributed by atoms with Crippen LogP contribution in [0, 0.1) is 5.88 Å². The summed E-state index contributed by atoms with van der Waals surface area (Å²) in [5.41, 5.74) is 10.8. The van der Waals surface area contributed by atoms with Crippen molar-refractivity contribution in [3.63, 3.8) is 0 Å². The smallest absolute Gasteiger partial charge is 0.169 e. The van der Waals surface area contributed by atoms with Crippen LogP contribution < -0.4 is 4.90 Å². The fourth-order valence-corrected chi connectivity index (χ4v) is 6.06. The van der Waals surface area contributed by atoms with Gasteiger partial charge < -0.3 is 4.90 Å². The van der Waals surface area contributed by atoms with Gasteiger partial charge in [-0.2, -0.15) is 0 Å². The first kappa shape index (κ1) is 24.3. The highest BCUT2D eigenvalue weighted by molar-refractivity contribution is 8.05. The maximum Gasteiger partial charge on any atom is 0.169 e. The van der Waals surface area contributed by atoms with Crippen LogP contribution in [0.25, 0.3) is 22.3 Å². The molecule has 0 atom stereocenters. The molecule has 2 radical (unpaired) electrons. The van der Waals surface area contributed by atoms with E-state index in [0.717, 1.165) is 6.42 Å². The summed E-state index contributed by atoms with van der Waals surface area (Å²) in [5.74, 6) is 3.70. The number of rotatable bonds is 3. The highest BCUT2D eigenvalue weighted by Crippen LogP contribution is 2.51. The Bertz CT molecular complexity index is 1190. The van der Waals surface area contributed by atoms with Crippen molar-refractivity contribution < 1.29 is 0 Å². The second-order valence-electron chi connectivity index (χ2n) is 12.0. The van der Waals surface area contributed by atoms with Crippen molar-refractivity contribution in [1.29, 1.82) is 0 Å². The van der Waals surface area contributed by atoms with Crippen LogP contribution in [0.3, 0.4) is 0 Å². The quantitative estimate of drug-likeness (QED) is 0.368.